The highest BCUT2D eigenvalue weighted by atomic mass is 32.2. The zero-order chi connectivity index (χ0) is 28.1. The molecule has 3 aliphatic rings. The Morgan fingerprint density at radius 3 is 2.41 bits per heavy atom. The molecule has 0 aromatic heterocycles. The van der Waals surface area contributed by atoms with Crippen LogP contribution in [0.25, 0.3) is 0 Å². The van der Waals surface area contributed by atoms with Gasteiger partial charge in [0.05, 0.1) is 35.8 Å². The molecular formula is C29H48N2O5S. The van der Waals surface area contributed by atoms with E-state index in [0.29, 0.717) is 6.54 Å². The maximum Gasteiger partial charge on any atom is 0.310 e. The number of ether oxygens (including phenoxy) is 1. The second kappa shape index (κ2) is 10.6. The molecule has 0 saturated carbocycles. The number of esters is 1. The van der Waals surface area contributed by atoms with Crippen LogP contribution >= 0.6 is 11.8 Å². The number of amides is 2. The first-order chi connectivity index (χ1) is 17.1. The zero-order valence-corrected chi connectivity index (χ0v) is 25.1. The Kier molecular flexibility index (Phi) is 8.56. The molecular weight excluding hydrogens is 488 g/mol. The number of rotatable bonds is 10. The van der Waals surface area contributed by atoms with E-state index in [1.165, 1.54) is 0 Å². The van der Waals surface area contributed by atoms with E-state index in [2.05, 4.69) is 48.1 Å². The third-order valence-electron chi connectivity index (χ3n) is 8.56. The Hall–Kier alpha value is -1.54. The van der Waals surface area contributed by atoms with Crippen LogP contribution in [0.2, 0.25) is 0 Å². The monoisotopic (exact) mass is 536 g/mol. The number of carbonyl (C=O) groups is 3. The summed E-state index contributed by atoms with van der Waals surface area (Å²) < 4.78 is 4.71. The fourth-order valence-corrected chi connectivity index (χ4v) is 9.92. The Balaban J connectivity index is 2.19. The van der Waals surface area contributed by atoms with Gasteiger partial charge in [0, 0.05) is 17.3 Å². The van der Waals surface area contributed by atoms with E-state index in [1.807, 2.05) is 18.7 Å². The molecule has 0 radical (unpaired) electrons. The molecule has 210 valence electrons. The first-order valence-corrected chi connectivity index (χ1v) is 14.7. The van der Waals surface area contributed by atoms with Gasteiger partial charge in [-0.25, -0.2) is 0 Å². The number of nitrogens with zero attached hydrogens (tertiary/aromatic N) is 2. The molecule has 37 heavy (non-hydrogen) atoms. The number of carbonyl (C=O) groups excluding carboxylic acids is 3. The van der Waals surface area contributed by atoms with Crippen LogP contribution < -0.4 is 0 Å². The van der Waals surface area contributed by atoms with Gasteiger partial charge in [-0.3, -0.25) is 14.4 Å². The maximum absolute atomic E-state index is 14.8. The van der Waals surface area contributed by atoms with Crippen LogP contribution in [-0.2, 0) is 19.1 Å². The number of fused-ring (bicyclic) bond motifs is 1. The van der Waals surface area contributed by atoms with Gasteiger partial charge in [-0.15, -0.1) is 18.3 Å². The first-order valence-electron chi connectivity index (χ1n) is 13.8. The van der Waals surface area contributed by atoms with Crippen molar-refractivity contribution in [2.75, 3.05) is 19.8 Å². The Labute approximate surface area is 227 Å². The molecule has 1 spiro atoms. The van der Waals surface area contributed by atoms with E-state index in [-0.39, 0.29) is 53.5 Å². The highest BCUT2D eigenvalue weighted by molar-refractivity contribution is 8.02. The predicted octanol–water partition coefficient (Wildman–Crippen LogP) is 4.13. The van der Waals surface area contributed by atoms with E-state index in [1.54, 1.807) is 29.7 Å². The summed E-state index contributed by atoms with van der Waals surface area (Å²) >= 11 is 1.64. The third-order valence-corrected chi connectivity index (χ3v) is 10.6. The van der Waals surface area contributed by atoms with Gasteiger partial charge in [0.15, 0.2) is 0 Å². The van der Waals surface area contributed by atoms with Crippen molar-refractivity contribution >= 4 is 29.5 Å². The Bertz CT molecular complexity index is 912. The van der Waals surface area contributed by atoms with Crippen LogP contribution in [0.5, 0.6) is 0 Å². The molecule has 3 heterocycles. The summed E-state index contributed by atoms with van der Waals surface area (Å²) in [6.07, 6.45) is 3.27. The van der Waals surface area contributed by atoms with Gasteiger partial charge in [0.2, 0.25) is 11.8 Å². The summed E-state index contributed by atoms with van der Waals surface area (Å²) in [4.78, 5) is 45.8. The van der Waals surface area contributed by atoms with Crippen LogP contribution in [-0.4, -0.2) is 80.1 Å². The molecule has 1 N–H and O–H groups in total. The van der Waals surface area contributed by atoms with Crippen molar-refractivity contribution in [1.29, 1.82) is 0 Å². The second-order valence-corrected chi connectivity index (χ2v) is 14.9. The molecule has 2 amide bonds. The van der Waals surface area contributed by atoms with E-state index >= 15 is 0 Å². The van der Waals surface area contributed by atoms with Gasteiger partial charge < -0.3 is 19.6 Å². The number of hydrogen-bond acceptors (Lipinski definition) is 6. The summed E-state index contributed by atoms with van der Waals surface area (Å²) in [5.74, 6) is -1.87. The van der Waals surface area contributed by atoms with Crippen LogP contribution in [0, 0.1) is 29.1 Å². The molecule has 0 aliphatic carbocycles. The summed E-state index contributed by atoms with van der Waals surface area (Å²) in [6.45, 7) is 22.7. The quantitative estimate of drug-likeness (QED) is 0.334. The summed E-state index contributed by atoms with van der Waals surface area (Å²) in [6, 6.07) is -1.29. The van der Waals surface area contributed by atoms with Crippen molar-refractivity contribution < 1.29 is 24.2 Å². The smallest absolute Gasteiger partial charge is 0.310 e. The number of aliphatic hydroxyl groups is 1. The van der Waals surface area contributed by atoms with Gasteiger partial charge in [0.1, 0.15) is 6.04 Å². The molecule has 3 fully saturated rings. The zero-order valence-electron chi connectivity index (χ0n) is 24.2. The van der Waals surface area contributed by atoms with Crippen LogP contribution in [0.1, 0.15) is 75.2 Å². The highest BCUT2D eigenvalue weighted by Gasteiger charge is 2.77. The molecule has 0 aromatic carbocycles. The maximum atomic E-state index is 14.8. The van der Waals surface area contributed by atoms with Gasteiger partial charge in [-0.2, -0.15) is 0 Å². The average molecular weight is 537 g/mol. The van der Waals surface area contributed by atoms with Crippen molar-refractivity contribution in [1.82, 2.24) is 9.80 Å². The lowest BCUT2D eigenvalue weighted by atomic mass is 9.66. The van der Waals surface area contributed by atoms with Crippen molar-refractivity contribution in [2.45, 2.75) is 103 Å². The number of aliphatic hydroxyl groups excluding tert-OH is 1. The SMILES string of the molecule is C=CCN(C(=O)C1N([C@@H](CO)C(C)C)C(=O)[C@@H]2[C@H](C(=O)OCC)[C@@H]3CC(C)C12S3)C(C)(C)CC(C)(C)C. The minimum absolute atomic E-state index is 0.0242. The first kappa shape index (κ1) is 30.0. The fraction of sp³-hybridized carbons (Fsp3) is 0.828. The standard InChI is InChI=1S/C29H48N2O5S/c1-11-13-30(28(9,10)16-27(6,7)8)25(34)23-29-18(5)14-20(37-29)21(26(35)36-12-2)22(29)24(33)31(23)19(15-32)17(3)4/h11,17-23,32H,1,12-16H2,2-10H3/t18?,19-,20-,21+,22-,23?,29?/m0/s1. The largest absolute Gasteiger partial charge is 0.466 e. The fourth-order valence-electron chi connectivity index (χ4n) is 7.53. The van der Waals surface area contributed by atoms with Crippen molar-refractivity contribution in [3.63, 3.8) is 0 Å². The van der Waals surface area contributed by atoms with E-state index in [0.717, 1.165) is 12.8 Å². The topological polar surface area (TPSA) is 87.2 Å². The van der Waals surface area contributed by atoms with Crippen LogP contribution in [0.3, 0.4) is 0 Å². The van der Waals surface area contributed by atoms with Gasteiger partial charge in [-0.1, -0.05) is 47.6 Å². The lowest BCUT2D eigenvalue weighted by Crippen LogP contribution is -2.63. The molecule has 3 saturated heterocycles. The van der Waals surface area contributed by atoms with E-state index in [9.17, 15) is 19.5 Å². The summed E-state index contributed by atoms with van der Waals surface area (Å²) in [7, 11) is 0. The minimum Gasteiger partial charge on any atom is -0.466 e. The minimum atomic E-state index is -0.770. The third kappa shape index (κ3) is 4.97. The Morgan fingerprint density at radius 1 is 1.30 bits per heavy atom. The highest BCUT2D eigenvalue weighted by Crippen LogP contribution is 2.69. The van der Waals surface area contributed by atoms with E-state index in [4.69, 9.17) is 4.74 Å². The number of likely N-dealkylation sites (tertiary alicyclic amines) is 1. The van der Waals surface area contributed by atoms with Gasteiger partial charge in [0.25, 0.3) is 0 Å². The summed E-state index contributed by atoms with van der Waals surface area (Å²) in [5, 5.41) is 10.4. The Morgan fingerprint density at radius 2 is 1.92 bits per heavy atom. The number of hydrogen-bond donors (Lipinski definition) is 1. The molecule has 3 rings (SSSR count). The van der Waals surface area contributed by atoms with E-state index < -0.39 is 34.2 Å². The number of thioether (sulfide) groups is 1. The summed E-state index contributed by atoms with van der Waals surface area (Å²) in [5.41, 5.74) is -0.520. The van der Waals surface area contributed by atoms with Gasteiger partial charge >= 0.3 is 5.97 Å². The van der Waals surface area contributed by atoms with Crippen LogP contribution in [0.4, 0.5) is 0 Å². The molecule has 2 bridgehead atoms. The molecule has 3 aliphatic heterocycles. The second-order valence-electron chi connectivity index (χ2n) is 13.3. The van der Waals surface area contributed by atoms with Crippen LogP contribution in [0.15, 0.2) is 12.7 Å². The van der Waals surface area contributed by atoms with Crippen molar-refractivity contribution in [3.8, 4) is 0 Å². The lowest BCUT2D eigenvalue weighted by Gasteiger charge is -2.48. The normalized spacial score (nSPS) is 32.0. The predicted molar refractivity (Wildman–Crippen MR) is 148 cm³/mol. The average Bonchev–Trinajstić information content (AvgIpc) is 3.34. The molecule has 3 unspecified atom stereocenters. The van der Waals surface area contributed by atoms with Crippen molar-refractivity contribution in [2.24, 2.45) is 29.1 Å². The molecule has 8 heteroatoms. The van der Waals surface area contributed by atoms with Gasteiger partial charge in [-0.05, 0) is 50.9 Å². The molecule has 7 atom stereocenters. The lowest BCUT2D eigenvalue weighted by molar-refractivity contribution is -0.154. The molecule has 0 aromatic rings. The molecule has 7 nitrogen and oxygen atoms in total. The van der Waals surface area contributed by atoms with Crippen molar-refractivity contribution in [3.05, 3.63) is 12.7 Å².